The van der Waals surface area contributed by atoms with Gasteiger partial charge in [-0.2, -0.15) is 0 Å². The molecule has 0 saturated carbocycles. The number of amides is 3. The van der Waals surface area contributed by atoms with Gasteiger partial charge in [-0.3, -0.25) is 14.4 Å². The molecule has 0 aliphatic carbocycles. The van der Waals surface area contributed by atoms with Crippen molar-refractivity contribution in [2.45, 2.75) is 118 Å². The van der Waals surface area contributed by atoms with Gasteiger partial charge in [-0.05, 0) is 37.0 Å². The normalized spacial score (nSPS) is 28.2. The first kappa shape index (κ1) is 36.8. The maximum absolute atomic E-state index is 13.5. The van der Waals surface area contributed by atoms with Crippen molar-refractivity contribution in [2.75, 3.05) is 21.1 Å². The van der Waals surface area contributed by atoms with Crippen molar-refractivity contribution < 1.29 is 43.0 Å². The highest BCUT2D eigenvalue weighted by molar-refractivity contribution is 5.93. The lowest BCUT2D eigenvalue weighted by Gasteiger charge is -2.37. The summed E-state index contributed by atoms with van der Waals surface area (Å²) in [6.07, 6.45) is -3.36. The zero-order chi connectivity index (χ0) is 32.6. The summed E-state index contributed by atoms with van der Waals surface area (Å²) in [7, 11) is 4.26. The van der Waals surface area contributed by atoms with Crippen LogP contribution in [-0.4, -0.2) is 108 Å². The molecule has 6 atom stereocenters. The molecule has 3 amide bonds. The molecule has 1 aliphatic rings. The molecule has 0 aromatic carbocycles. The summed E-state index contributed by atoms with van der Waals surface area (Å²) in [6, 6.07) is -3.26. The summed E-state index contributed by atoms with van der Waals surface area (Å²) in [5, 5.41) is 0. The number of likely N-dealkylation sites (N-methyl/N-ethyl adjacent to an activating group) is 3. The van der Waals surface area contributed by atoms with Gasteiger partial charge in [0.1, 0.15) is 18.1 Å². The Morgan fingerprint density at radius 1 is 0.476 bits per heavy atom. The van der Waals surface area contributed by atoms with E-state index in [0.717, 1.165) is 0 Å². The fourth-order valence-corrected chi connectivity index (χ4v) is 5.28. The first-order chi connectivity index (χ1) is 19.5. The van der Waals surface area contributed by atoms with Crippen LogP contribution in [0.25, 0.3) is 0 Å². The molecule has 1 rings (SSSR count). The van der Waals surface area contributed by atoms with E-state index in [9.17, 15) is 28.8 Å². The minimum atomic E-state index is -1.23. The molecule has 12 heteroatoms. The van der Waals surface area contributed by atoms with Crippen LogP contribution in [0.5, 0.6) is 0 Å². The Bertz CT molecular complexity index is 873. The summed E-state index contributed by atoms with van der Waals surface area (Å²) < 4.78 is 17.0. The zero-order valence-electron chi connectivity index (χ0n) is 27.3. The van der Waals surface area contributed by atoms with Crippen molar-refractivity contribution >= 4 is 35.6 Å². The van der Waals surface area contributed by atoms with Crippen LogP contribution in [0.3, 0.4) is 0 Å². The van der Waals surface area contributed by atoms with Crippen LogP contribution in [0.4, 0.5) is 0 Å². The quantitative estimate of drug-likeness (QED) is 0.334. The smallest absolute Gasteiger partial charge is 0.329 e. The van der Waals surface area contributed by atoms with Crippen LogP contribution >= 0.6 is 0 Å². The van der Waals surface area contributed by atoms with Crippen LogP contribution in [0.2, 0.25) is 0 Å². The highest BCUT2D eigenvalue weighted by atomic mass is 16.6. The van der Waals surface area contributed by atoms with Crippen LogP contribution < -0.4 is 0 Å². The van der Waals surface area contributed by atoms with Gasteiger partial charge in [0.2, 0.25) is 0 Å². The summed E-state index contributed by atoms with van der Waals surface area (Å²) in [6.45, 7) is 15.4. The maximum atomic E-state index is 13.5. The molecule has 240 valence electrons. The lowest BCUT2D eigenvalue weighted by atomic mass is 10.0. The Morgan fingerprint density at radius 3 is 0.810 bits per heavy atom. The fraction of sp³-hybridized carbons (Fsp3) is 0.800. The predicted octanol–water partition coefficient (Wildman–Crippen LogP) is 2.41. The molecular weight excluding hydrogens is 546 g/mol. The minimum absolute atomic E-state index is 0.115. The molecule has 42 heavy (non-hydrogen) atoms. The number of carbonyl (C=O) groups is 6. The van der Waals surface area contributed by atoms with Gasteiger partial charge >= 0.3 is 17.9 Å². The van der Waals surface area contributed by atoms with Gasteiger partial charge in [-0.25, -0.2) is 14.4 Å². The second-order valence-electron chi connectivity index (χ2n) is 11.9. The lowest BCUT2D eigenvalue weighted by molar-refractivity contribution is -0.178. The molecule has 0 aromatic rings. The van der Waals surface area contributed by atoms with Gasteiger partial charge in [0.25, 0.3) is 17.7 Å². The zero-order valence-corrected chi connectivity index (χ0v) is 27.3. The van der Waals surface area contributed by atoms with Crippen LogP contribution in [0, 0.1) is 17.8 Å². The second kappa shape index (κ2) is 15.9. The molecule has 1 fully saturated rings. The SMILES string of the molecule is CCC1OC(=O)C(C(C)C)N(C)C(=O)C(CC)OC(=O)C(C(C)C)N(C)C(=O)C(CC)OC(=O)C(C(C)C)N(C)C1=O. The van der Waals surface area contributed by atoms with Gasteiger partial charge in [-0.15, -0.1) is 0 Å². The third kappa shape index (κ3) is 8.44. The van der Waals surface area contributed by atoms with E-state index in [1.807, 2.05) is 0 Å². The number of nitrogens with zero attached hydrogens (tertiary/aromatic N) is 3. The molecule has 0 N–H and O–H groups in total. The van der Waals surface area contributed by atoms with Crippen LogP contribution in [0.15, 0.2) is 0 Å². The van der Waals surface area contributed by atoms with E-state index >= 15 is 0 Å². The molecular formula is C30H51N3O9. The number of carbonyl (C=O) groups excluding carboxylic acids is 6. The monoisotopic (exact) mass is 597 g/mol. The minimum Gasteiger partial charge on any atom is -0.451 e. The van der Waals surface area contributed by atoms with Crippen molar-refractivity contribution in [3.05, 3.63) is 0 Å². The Kier molecular flexibility index (Phi) is 13.9. The van der Waals surface area contributed by atoms with Crippen LogP contribution in [-0.2, 0) is 43.0 Å². The summed E-state index contributed by atoms with van der Waals surface area (Å²) in [5.41, 5.74) is 0. The van der Waals surface area contributed by atoms with E-state index in [2.05, 4.69) is 0 Å². The van der Waals surface area contributed by atoms with E-state index < -0.39 is 89.8 Å². The van der Waals surface area contributed by atoms with Gasteiger partial charge in [0, 0.05) is 21.1 Å². The van der Waals surface area contributed by atoms with Gasteiger partial charge in [0.15, 0.2) is 18.3 Å². The highest BCUT2D eigenvalue weighted by Crippen LogP contribution is 2.22. The van der Waals surface area contributed by atoms with Crippen molar-refractivity contribution in [3.63, 3.8) is 0 Å². The third-order valence-corrected chi connectivity index (χ3v) is 7.63. The molecule has 0 spiro atoms. The van der Waals surface area contributed by atoms with E-state index in [4.69, 9.17) is 14.2 Å². The van der Waals surface area contributed by atoms with Gasteiger partial charge < -0.3 is 28.9 Å². The standard InChI is InChI=1S/C30H51N3O9/c1-13-19-25(34)31(10)23(17(6)7)29(38)41-21(15-3)27(36)33(12)24(18(8)9)30(39)42-20(14-2)26(35)32(11)22(16(4)5)28(37)40-19/h16-24H,13-15H2,1-12H3. The number of rotatable bonds is 6. The first-order valence-electron chi connectivity index (χ1n) is 14.9. The topological polar surface area (TPSA) is 140 Å². The molecule has 1 heterocycles. The largest absolute Gasteiger partial charge is 0.451 e. The fourth-order valence-electron chi connectivity index (χ4n) is 5.28. The van der Waals surface area contributed by atoms with E-state index in [0.29, 0.717) is 0 Å². The highest BCUT2D eigenvalue weighted by Gasteiger charge is 2.43. The van der Waals surface area contributed by atoms with E-state index in [1.54, 1.807) is 62.3 Å². The summed E-state index contributed by atoms with van der Waals surface area (Å²) in [5.74, 6) is -5.46. The first-order valence-corrected chi connectivity index (χ1v) is 14.9. The number of esters is 3. The maximum Gasteiger partial charge on any atom is 0.329 e. The Morgan fingerprint density at radius 2 is 0.667 bits per heavy atom. The van der Waals surface area contributed by atoms with Crippen LogP contribution in [0.1, 0.15) is 81.6 Å². The molecule has 12 nitrogen and oxygen atoms in total. The molecule has 6 unspecified atom stereocenters. The molecule has 1 saturated heterocycles. The molecule has 0 bridgehead atoms. The second-order valence-corrected chi connectivity index (χ2v) is 11.9. The average molecular weight is 598 g/mol. The number of cyclic esters (lactones) is 3. The van der Waals surface area contributed by atoms with Crippen molar-refractivity contribution in [3.8, 4) is 0 Å². The molecule has 0 radical (unpaired) electrons. The molecule has 0 aromatic heterocycles. The van der Waals surface area contributed by atoms with Gasteiger partial charge in [0.05, 0.1) is 0 Å². The molecule has 1 aliphatic heterocycles. The Labute approximate surface area is 250 Å². The lowest BCUT2D eigenvalue weighted by Crippen LogP contribution is -2.56. The number of hydrogen-bond donors (Lipinski definition) is 0. The van der Waals surface area contributed by atoms with Crippen molar-refractivity contribution in [2.24, 2.45) is 17.8 Å². The van der Waals surface area contributed by atoms with E-state index in [-0.39, 0.29) is 19.3 Å². The number of hydrogen-bond acceptors (Lipinski definition) is 9. The number of ether oxygens (including phenoxy) is 3. The van der Waals surface area contributed by atoms with Gasteiger partial charge in [-0.1, -0.05) is 62.3 Å². The Hall–Kier alpha value is -3.18. The van der Waals surface area contributed by atoms with Crippen molar-refractivity contribution in [1.82, 2.24) is 14.7 Å². The Balaban J connectivity index is 3.77. The predicted molar refractivity (Wildman–Crippen MR) is 155 cm³/mol. The average Bonchev–Trinajstić information content (AvgIpc) is 2.90. The summed E-state index contributed by atoms with van der Waals surface area (Å²) in [4.78, 5) is 84.5. The third-order valence-electron chi connectivity index (χ3n) is 7.63. The summed E-state index contributed by atoms with van der Waals surface area (Å²) >= 11 is 0. The van der Waals surface area contributed by atoms with Crippen molar-refractivity contribution in [1.29, 1.82) is 0 Å². The van der Waals surface area contributed by atoms with E-state index in [1.165, 1.54) is 35.8 Å².